The van der Waals surface area contributed by atoms with Crippen molar-refractivity contribution < 1.29 is 4.52 Å². The van der Waals surface area contributed by atoms with E-state index in [9.17, 15) is 0 Å². The first kappa shape index (κ1) is 13.3. The van der Waals surface area contributed by atoms with Gasteiger partial charge in [-0.25, -0.2) is 0 Å². The number of hydrogen-bond donors (Lipinski definition) is 1. The SMILES string of the molecule is CC(C)CCc1noc(C2Cc3ccccc3CN2)n1. The van der Waals surface area contributed by atoms with E-state index in [-0.39, 0.29) is 6.04 Å². The van der Waals surface area contributed by atoms with Crippen molar-refractivity contribution in [2.75, 3.05) is 0 Å². The molecule has 3 rings (SSSR count). The monoisotopic (exact) mass is 271 g/mol. The lowest BCUT2D eigenvalue weighted by atomic mass is 9.96. The van der Waals surface area contributed by atoms with Crippen molar-refractivity contribution in [1.82, 2.24) is 15.5 Å². The van der Waals surface area contributed by atoms with Gasteiger partial charge in [0.2, 0.25) is 5.89 Å². The van der Waals surface area contributed by atoms with Crippen LogP contribution in [0.1, 0.15) is 49.2 Å². The third-order valence-electron chi connectivity index (χ3n) is 3.81. The zero-order valence-electron chi connectivity index (χ0n) is 12.1. The molecule has 4 heteroatoms. The van der Waals surface area contributed by atoms with Gasteiger partial charge in [0.05, 0.1) is 6.04 Å². The van der Waals surface area contributed by atoms with Gasteiger partial charge in [0.15, 0.2) is 5.82 Å². The van der Waals surface area contributed by atoms with Crippen LogP contribution < -0.4 is 5.32 Å². The summed E-state index contributed by atoms with van der Waals surface area (Å²) in [6.07, 6.45) is 2.91. The van der Waals surface area contributed by atoms with E-state index in [1.807, 2.05) is 0 Å². The standard InChI is InChI=1S/C16H21N3O/c1-11(2)7-8-15-18-16(20-19-15)14-9-12-5-3-4-6-13(12)10-17-14/h3-6,11,14,17H,7-10H2,1-2H3. The number of aryl methyl sites for hydroxylation is 1. The number of benzene rings is 1. The highest BCUT2D eigenvalue weighted by atomic mass is 16.5. The summed E-state index contributed by atoms with van der Waals surface area (Å²) in [5.74, 6) is 2.21. The van der Waals surface area contributed by atoms with Crippen molar-refractivity contribution in [3.63, 3.8) is 0 Å². The first-order chi connectivity index (χ1) is 9.72. The Labute approximate surface area is 119 Å². The van der Waals surface area contributed by atoms with E-state index in [0.29, 0.717) is 5.92 Å². The van der Waals surface area contributed by atoms with Crippen LogP contribution in [-0.2, 0) is 19.4 Å². The molecular weight excluding hydrogens is 250 g/mol. The van der Waals surface area contributed by atoms with E-state index >= 15 is 0 Å². The molecule has 0 aliphatic carbocycles. The van der Waals surface area contributed by atoms with Crippen LogP contribution in [-0.4, -0.2) is 10.1 Å². The molecule has 0 fully saturated rings. The van der Waals surface area contributed by atoms with Crippen molar-refractivity contribution in [1.29, 1.82) is 0 Å². The zero-order chi connectivity index (χ0) is 13.9. The molecule has 0 amide bonds. The maximum Gasteiger partial charge on any atom is 0.244 e. The van der Waals surface area contributed by atoms with E-state index in [2.05, 4.69) is 53.6 Å². The van der Waals surface area contributed by atoms with Crippen LogP contribution >= 0.6 is 0 Å². The number of rotatable bonds is 4. The summed E-state index contributed by atoms with van der Waals surface area (Å²) in [5.41, 5.74) is 2.74. The topological polar surface area (TPSA) is 51.0 Å². The fourth-order valence-corrected chi connectivity index (χ4v) is 2.56. The number of hydrogen-bond acceptors (Lipinski definition) is 4. The Hall–Kier alpha value is -1.68. The molecule has 20 heavy (non-hydrogen) atoms. The number of aromatic nitrogens is 2. The molecule has 2 heterocycles. The number of fused-ring (bicyclic) bond motifs is 1. The summed E-state index contributed by atoms with van der Waals surface area (Å²) in [7, 11) is 0. The molecule has 1 unspecified atom stereocenters. The van der Waals surface area contributed by atoms with Gasteiger partial charge in [-0.3, -0.25) is 0 Å². The van der Waals surface area contributed by atoms with Crippen LogP contribution in [0.15, 0.2) is 28.8 Å². The van der Waals surface area contributed by atoms with E-state index < -0.39 is 0 Å². The van der Waals surface area contributed by atoms with E-state index in [1.54, 1.807) is 0 Å². The van der Waals surface area contributed by atoms with Gasteiger partial charge in [-0.2, -0.15) is 4.98 Å². The molecule has 1 aliphatic rings. The van der Waals surface area contributed by atoms with Crippen LogP contribution in [0.2, 0.25) is 0 Å². The molecule has 0 saturated heterocycles. The second-order valence-electron chi connectivity index (χ2n) is 5.89. The summed E-state index contributed by atoms with van der Waals surface area (Å²) in [6, 6.07) is 8.66. The van der Waals surface area contributed by atoms with Crippen molar-refractivity contribution in [2.24, 2.45) is 5.92 Å². The second-order valence-corrected chi connectivity index (χ2v) is 5.89. The Morgan fingerprint density at radius 3 is 2.90 bits per heavy atom. The summed E-state index contributed by atoms with van der Waals surface area (Å²) in [6.45, 7) is 5.28. The third kappa shape index (κ3) is 2.90. The quantitative estimate of drug-likeness (QED) is 0.928. The van der Waals surface area contributed by atoms with E-state index in [4.69, 9.17) is 4.52 Å². The maximum absolute atomic E-state index is 5.43. The minimum atomic E-state index is 0.144. The lowest BCUT2D eigenvalue weighted by molar-refractivity contribution is 0.318. The fourth-order valence-electron chi connectivity index (χ4n) is 2.56. The molecule has 0 saturated carbocycles. The number of nitrogens with zero attached hydrogens (tertiary/aromatic N) is 2. The van der Waals surface area contributed by atoms with Gasteiger partial charge in [0.1, 0.15) is 0 Å². The normalized spacial score (nSPS) is 18.2. The molecule has 1 aromatic heterocycles. The van der Waals surface area contributed by atoms with Crippen LogP contribution in [0.25, 0.3) is 0 Å². The Kier molecular flexibility index (Phi) is 3.83. The highest BCUT2D eigenvalue weighted by Gasteiger charge is 2.24. The fraction of sp³-hybridized carbons (Fsp3) is 0.500. The molecule has 0 bridgehead atoms. The van der Waals surface area contributed by atoms with Crippen molar-refractivity contribution >= 4 is 0 Å². The molecular formula is C16H21N3O. The summed E-state index contributed by atoms with van der Waals surface area (Å²) in [5, 5.41) is 7.57. The van der Waals surface area contributed by atoms with Gasteiger partial charge in [-0.1, -0.05) is 43.3 Å². The highest BCUT2D eigenvalue weighted by Crippen LogP contribution is 2.24. The van der Waals surface area contributed by atoms with Crippen LogP contribution in [0.3, 0.4) is 0 Å². The third-order valence-corrected chi connectivity index (χ3v) is 3.81. The molecule has 2 aromatic rings. The van der Waals surface area contributed by atoms with Crippen molar-refractivity contribution in [3.05, 3.63) is 47.1 Å². The molecule has 1 aliphatic heterocycles. The van der Waals surface area contributed by atoms with Gasteiger partial charge in [0, 0.05) is 13.0 Å². The van der Waals surface area contributed by atoms with Gasteiger partial charge in [-0.15, -0.1) is 0 Å². The van der Waals surface area contributed by atoms with Crippen molar-refractivity contribution in [2.45, 2.75) is 45.7 Å². The lowest BCUT2D eigenvalue weighted by Gasteiger charge is -2.23. The Bertz CT molecular complexity index is 577. The average molecular weight is 271 g/mol. The molecule has 0 spiro atoms. The van der Waals surface area contributed by atoms with E-state index in [0.717, 1.165) is 37.5 Å². The molecule has 1 N–H and O–H groups in total. The van der Waals surface area contributed by atoms with Crippen LogP contribution in [0, 0.1) is 5.92 Å². The average Bonchev–Trinajstić information content (AvgIpc) is 2.93. The van der Waals surface area contributed by atoms with Gasteiger partial charge in [-0.05, 0) is 29.9 Å². The van der Waals surface area contributed by atoms with Gasteiger partial charge >= 0.3 is 0 Å². The van der Waals surface area contributed by atoms with Crippen molar-refractivity contribution in [3.8, 4) is 0 Å². The van der Waals surface area contributed by atoms with Crippen LogP contribution in [0.5, 0.6) is 0 Å². The minimum absolute atomic E-state index is 0.144. The Morgan fingerprint density at radius 1 is 1.30 bits per heavy atom. The maximum atomic E-state index is 5.43. The van der Waals surface area contributed by atoms with Gasteiger partial charge < -0.3 is 9.84 Å². The van der Waals surface area contributed by atoms with Crippen LogP contribution in [0.4, 0.5) is 0 Å². The predicted octanol–water partition coefficient (Wildman–Crippen LogP) is 3.05. The minimum Gasteiger partial charge on any atom is -0.338 e. The highest BCUT2D eigenvalue weighted by molar-refractivity contribution is 5.30. The second kappa shape index (κ2) is 5.75. The lowest BCUT2D eigenvalue weighted by Crippen LogP contribution is -2.28. The molecule has 106 valence electrons. The smallest absolute Gasteiger partial charge is 0.244 e. The predicted molar refractivity (Wildman–Crippen MR) is 77.2 cm³/mol. The first-order valence-electron chi connectivity index (χ1n) is 7.35. The van der Waals surface area contributed by atoms with E-state index in [1.165, 1.54) is 11.1 Å². The molecule has 1 atom stereocenters. The number of nitrogens with one attached hydrogen (secondary N) is 1. The summed E-state index contributed by atoms with van der Waals surface area (Å²) in [4.78, 5) is 4.54. The largest absolute Gasteiger partial charge is 0.338 e. The molecule has 1 aromatic carbocycles. The Morgan fingerprint density at radius 2 is 2.10 bits per heavy atom. The molecule has 4 nitrogen and oxygen atoms in total. The summed E-state index contributed by atoms with van der Waals surface area (Å²) >= 11 is 0. The zero-order valence-corrected chi connectivity index (χ0v) is 12.1. The van der Waals surface area contributed by atoms with Gasteiger partial charge in [0.25, 0.3) is 0 Å². The Balaban J connectivity index is 1.69. The first-order valence-corrected chi connectivity index (χ1v) is 7.35. The summed E-state index contributed by atoms with van der Waals surface area (Å²) < 4.78 is 5.43. The molecule has 0 radical (unpaired) electrons.